The first-order valence-electron chi connectivity index (χ1n) is 6.49. The molecule has 3 rings (SSSR count). The minimum Gasteiger partial charge on any atom is -0.340 e. The van der Waals surface area contributed by atoms with Gasteiger partial charge in [0.05, 0.1) is 17.7 Å². The molecule has 3 amide bonds. The van der Waals surface area contributed by atoms with Crippen LogP contribution in [0.3, 0.4) is 0 Å². The number of H-pyrrole nitrogens is 1. The van der Waals surface area contributed by atoms with Crippen LogP contribution in [0.25, 0.3) is 0 Å². The van der Waals surface area contributed by atoms with Crippen molar-refractivity contribution in [1.82, 2.24) is 20.5 Å². The van der Waals surface area contributed by atoms with E-state index in [1.807, 2.05) is 0 Å². The predicted octanol–water partition coefficient (Wildman–Crippen LogP) is -0.116. The molecule has 0 aliphatic carbocycles. The fraction of sp³-hybridized carbons (Fsp3) is 0.154. The normalized spacial score (nSPS) is 17.0. The predicted molar refractivity (Wildman–Crippen MR) is 76.0 cm³/mol. The number of hydrogen-bond acceptors (Lipinski definition) is 5. The van der Waals surface area contributed by atoms with Gasteiger partial charge in [-0.1, -0.05) is 12.1 Å². The molecule has 2 aromatic rings. The molecule has 1 atom stereocenters. The van der Waals surface area contributed by atoms with Crippen molar-refractivity contribution in [3.05, 3.63) is 36.2 Å². The van der Waals surface area contributed by atoms with Gasteiger partial charge in [0.15, 0.2) is 0 Å². The summed E-state index contributed by atoms with van der Waals surface area (Å²) in [7, 11) is 0. The zero-order valence-electron chi connectivity index (χ0n) is 11.3. The van der Waals surface area contributed by atoms with Crippen LogP contribution in [0, 0.1) is 0 Å². The number of fused-ring (bicyclic) bond motifs is 1. The molecule has 0 radical (unpaired) electrons. The van der Waals surface area contributed by atoms with E-state index in [9.17, 15) is 14.4 Å². The molecule has 0 fully saturated rings. The molecule has 0 bridgehead atoms. The summed E-state index contributed by atoms with van der Waals surface area (Å²) < 4.78 is 0. The van der Waals surface area contributed by atoms with Crippen molar-refractivity contribution in [3.8, 4) is 0 Å². The van der Waals surface area contributed by atoms with Gasteiger partial charge in [-0.15, -0.1) is 0 Å². The molecule has 1 aromatic carbocycles. The number of hydrogen-bond donors (Lipinski definition) is 4. The third kappa shape index (κ3) is 2.77. The highest BCUT2D eigenvalue weighted by molar-refractivity contribution is 6.11. The number of carbonyl (C=O) groups is 3. The SMILES string of the molecule is O=C(C[C@H]1NC(=O)c2ccccc2NC1=O)Nc1ncn[nH]1. The maximum atomic E-state index is 12.1. The topological polar surface area (TPSA) is 129 Å². The Morgan fingerprint density at radius 1 is 1.27 bits per heavy atom. The first-order valence-corrected chi connectivity index (χ1v) is 6.49. The number of nitrogens with one attached hydrogen (secondary N) is 4. The highest BCUT2D eigenvalue weighted by Crippen LogP contribution is 2.18. The lowest BCUT2D eigenvalue weighted by Gasteiger charge is -2.13. The van der Waals surface area contributed by atoms with E-state index < -0.39 is 23.8 Å². The number of rotatable bonds is 3. The zero-order valence-corrected chi connectivity index (χ0v) is 11.3. The van der Waals surface area contributed by atoms with Crippen LogP contribution < -0.4 is 16.0 Å². The Labute approximate surface area is 124 Å². The van der Waals surface area contributed by atoms with Gasteiger partial charge in [0, 0.05) is 0 Å². The molecule has 0 saturated heterocycles. The molecule has 9 heteroatoms. The van der Waals surface area contributed by atoms with Crippen LogP contribution in [0.1, 0.15) is 16.8 Å². The van der Waals surface area contributed by atoms with Gasteiger partial charge in [-0.05, 0) is 12.1 Å². The summed E-state index contributed by atoms with van der Waals surface area (Å²) >= 11 is 0. The summed E-state index contributed by atoms with van der Waals surface area (Å²) in [6.07, 6.45) is 1.03. The molecule has 0 spiro atoms. The number of nitrogens with zero attached hydrogens (tertiary/aromatic N) is 2. The fourth-order valence-corrected chi connectivity index (χ4v) is 2.09. The van der Waals surface area contributed by atoms with Crippen LogP contribution in [-0.4, -0.2) is 38.9 Å². The first kappa shape index (κ1) is 13.7. The first-order chi connectivity index (χ1) is 10.6. The van der Waals surface area contributed by atoms with Gasteiger partial charge in [-0.25, -0.2) is 5.10 Å². The van der Waals surface area contributed by atoms with E-state index in [0.717, 1.165) is 0 Å². The molecule has 1 aromatic heterocycles. The lowest BCUT2D eigenvalue weighted by atomic mass is 10.1. The summed E-state index contributed by atoms with van der Waals surface area (Å²) in [5.41, 5.74) is 0.775. The lowest BCUT2D eigenvalue weighted by molar-refractivity contribution is -0.122. The molecule has 1 aliphatic heterocycles. The largest absolute Gasteiger partial charge is 0.340 e. The second-order valence-corrected chi connectivity index (χ2v) is 4.65. The Morgan fingerprint density at radius 2 is 2.09 bits per heavy atom. The van der Waals surface area contributed by atoms with Crippen molar-refractivity contribution < 1.29 is 14.4 Å². The Bertz CT molecular complexity index is 727. The van der Waals surface area contributed by atoms with Crippen LogP contribution in [0.4, 0.5) is 11.6 Å². The van der Waals surface area contributed by atoms with Gasteiger partial charge in [0.25, 0.3) is 5.91 Å². The van der Waals surface area contributed by atoms with Crippen molar-refractivity contribution in [2.75, 3.05) is 10.6 Å². The number of aromatic nitrogens is 3. The highest BCUT2D eigenvalue weighted by Gasteiger charge is 2.29. The standard InChI is InChI=1S/C13H12N6O3/c20-10(18-13-14-6-15-19-13)5-9-12(22)16-8-4-2-1-3-7(8)11(21)17-9/h1-4,6,9H,5H2,(H,16,22)(H,17,21)(H2,14,15,18,19,20)/t9-/m1/s1. The molecule has 9 nitrogen and oxygen atoms in total. The van der Waals surface area contributed by atoms with Crippen molar-refractivity contribution in [1.29, 1.82) is 0 Å². The van der Waals surface area contributed by atoms with Crippen LogP contribution in [0.15, 0.2) is 30.6 Å². The van der Waals surface area contributed by atoms with E-state index >= 15 is 0 Å². The summed E-state index contributed by atoms with van der Waals surface area (Å²) in [5, 5.41) is 13.7. The van der Waals surface area contributed by atoms with E-state index in [0.29, 0.717) is 11.3 Å². The summed E-state index contributed by atoms with van der Waals surface area (Å²) in [4.78, 5) is 39.8. The van der Waals surface area contributed by atoms with E-state index in [4.69, 9.17) is 0 Å². The molecule has 1 aliphatic rings. The Balaban J connectivity index is 1.71. The number of anilines is 2. The highest BCUT2D eigenvalue weighted by atomic mass is 16.2. The van der Waals surface area contributed by atoms with E-state index in [1.165, 1.54) is 6.33 Å². The molecule has 0 unspecified atom stereocenters. The molecular weight excluding hydrogens is 288 g/mol. The number of benzene rings is 1. The van der Waals surface area contributed by atoms with E-state index in [2.05, 4.69) is 31.1 Å². The third-order valence-corrected chi connectivity index (χ3v) is 3.11. The maximum Gasteiger partial charge on any atom is 0.254 e. The smallest absolute Gasteiger partial charge is 0.254 e. The molecule has 0 saturated carbocycles. The number of para-hydroxylation sites is 1. The monoisotopic (exact) mass is 300 g/mol. The maximum absolute atomic E-state index is 12.1. The van der Waals surface area contributed by atoms with Crippen LogP contribution in [0.2, 0.25) is 0 Å². The summed E-state index contributed by atoms with van der Waals surface area (Å²) in [5.74, 6) is -1.16. The second kappa shape index (κ2) is 5.64. The van der Waals surface area contributed by atoms with Crippen molar-refractivity contribution in [3.63, 3.8) is 0 Å². The Kier molecular flexibility index (Phi) is 3.52. The quantitative estimate of drug-likeness (QED) is 0.628. The summed E-state index contributed by atoms with van der Waals surface area (Å²) in [6.45, 7) is 0. The minimum atomic E-state index is -0.970. The van der Waals surface area contributed by atoms with Gasteiger partial charge in [-0.3, -0.25) is 19.7 Å². The minimum absolute atomic E-state index is 0.175. The van der Waals surface area contributed by atoms with Gasteiger partial charge in [-0.2, -0.15) is 10.1 Å². The fourth-order valence-electron chi connectivity index (χ4n) is 2.09. The lowest BCUT2D eigenvalue weighted by Crippen LogP contribution is -2.43. The van der Waals surface area contributed by atoms with Crippen molar-refractivity contribution in [2.24, 2.45) is 0 Å². The van der Waals surface area contributed by atoms with Gasteiger partial charge in [0.1, 0.15) is 12.4 Å². The average Bonchev–Trinajstić information content (AvgIpc) is 2.95. The van der Waals surface area contributed by atoms with Crippen LogP contribution >= 0.6 is 0 Å². The van der Waals surface area contributed by atoms with Gasteiger partial charge in [0.2, 0.25) is 17.8 Å². The number of amides is 3. The average molecular weight is 300 g/mol. The molecular formula is C13H12N6O3. The van der Waals surface area contributed by atoms with Crippen LogP contribution in [0.5, 0.6) is 0 Å². The molecule has 22 heavy (non-hydrogen) atoms. The van der Waals surface area contributed by atoms with Crippen molar-refractivity contribution >= 4 is 29.4 Å². The molecule has 2 heterocycles. The Morgan fingerprint density at radius 3 is 2.86 bits per heavy atom. The number of carbonyl (C=O) groups excluding carboxylic acids is 3. The van der Waals surface area contributed by atoms with E-state index in [1.54, 1.807) is 24.3 Å². The van der Waals surface area contributed by atoms with Gasteiger partial charge < -0.3 is 10.6 Å². The number of aromatic amines is 1. The third-order valence-electron chi connectivity index (χ3n) is 3.11. The molecule has 4 N–H and O–H groups in total. The molecule has 112 valence electrons. The zero-order chi connectivity index (χ0) is 15.5. The van der Waals surface area contributed by atoms with Crippen molar-refractivity contribution in [2.45, 2.75) is 12.5 Å². The second-order valence-electron chi connectivity index (χ2n) is 4.65. The van der Waals surface area contributed by atoms with Crippen LogP contribution in [-0.2, 0) is 9.59 Å². The Hall–Kier alpha value is -3.23. The van der Waals surface area contributed by atoms with Gasteiger partial charge >= 0.3 is 0 Å². The summed E-state index contributed by atoms with van der Waals surface area (Å²) in [6, 6.07) is 5.67. The van der Waals surface area contributed by atoms with E-state index in [-0.39, 0.29) is 12.4 Å².